The van der Waals surface area contributed by atoms with Gasteiger partial charge in [-0.3, -0.25) is 0 Å². The molecule has 0 fully saturated rings. The van der Waals surface area contributed by atoms with Crippen molar-refractivity contribution in [3.63, 3.8) is 0 Å². The average Bonchev–Trinajstić information content (AvgIpc) is 2.84. The molecule has 1 aromatic carbocycles. The van der Waals surface area contributed by atoms with Crippen molar-refractivity contribution in [1.29, 1.82) is 0 Å². The average molecular weight is 350 g/mol. The number of benzene rings is 1. The van der Waals surface area contributed by atoms with Crippen molar-refractivity contribution in [2.45, 2.75) is 42.9 Å². The van der Waals surface area contributed by atoms with Crippen LogP contribution in [0.1, 0.15) is 29.8 Å². The molecule has 1 aromatic heterocycles. The molecule has 0 aliphatic heterocycles. The number of hydrogen-bond donors (Lipinski definition) is 1. The topological polar surface area (TPSA) is 12.0 Å². The van der Waals surface area contributed by atoms with Gasteiger partial charge in [0.25, 0.3) is 0 Å². The molecule has 1 aliphatic carbocycles. The minimum absolute atomic E-state index is 0.660. The van der Waals surface area contributed by atoms with Crippen molar-refractivity contribution in [1.82, 2.24) is 3.46 Å². The predicted molar refractivity (Wildman–Crippen MR) is 95.2 cm³/mol. The van der Waals surface area contributed by atoms with E-state index in [1.54, 1.807) is 16.0 Å². The van der Waals surface area contributed by atoms with E-state index in [1.807, 2.05) is 11.3 Å². The first-order valence-corrected chi connectivity index (χ1v) is 15.4. The fourth-order valence-electron chi connectivity index (χ4n) is 3.85. The van der Waals surface area contributed by atoms with Gasteiger partial charge in [-0.25, -0.2) is 0 Å². The first-order valence-electron chi connectivity index (χ1n) is 7.60. The van der Waals surface area contributed by atoms with E-state index in [-0.39, 0.29) is 0 Å². The van der Waals surface area contributed by atoms with Gasteiger partial charge in [0.05, 0.1) is 0 Å². The number of rotatable bonds is 3. The Morgan fingerprint density at radius 3 is 2.48 bits per heavy atom. The molecule has 1 nitrogen and oxygen atoms in total. The summed E-state index contributed by atoms with van der Waals surface area (Å²) in [7, 11) is -1.48. The normalized spacial score (nSPS) is 18.5. The summed E-state index contributed by atoms with van der Waals surface area (Å²) in [5.41, 5.74) is 5.36. The zero-order chi connectivity index (χ0) is 15.4. The van der Waals surface area contributed by atoms with Gasteiger partial charge < -0.3 is 0 Å². The molecule has 0 spiro atoms. The molecular formula is C17H24NSSiTi. The maximum absolute atomic E-state index is 4.08. The summed E-state index contributed by atoms with van der Waals surface area (Å²) in [6, 6.07) is 8.91. The van der Waals surface area contributed by atoms with Gasteiger partial charge in [0.1, 0.15) is 0 Å². The molecule has 0 saturated heterocycles. The third kappa shape index (κ3) is 2.53. The van der Waals surface area contributed by atoms with Crippen molar-refractivity contribution < 1.29 is 18.1 Å². The molecule has 1 aliphatic rings. The third-order valence-electron chi connectivity index (χ3n) is 4.58. The summed E-state index contributed by atoms with van der Waals surface area (Å²) in [6.45, 7) is 9.73. The Labute approximate surface area is 139 Å². The molecule has 1 atom stereocenters. The van der Waals surface area contributed by atoms with E-state index < -0.39 is 26.4 Å². The van der Waals surface area contributed by atoms with Crippen LogP contribution in [0.4, 0.5) is 0 Å². The van der Waals surface area contributed by atoms with E-state index in [0.29, 0.717) is 5.54 Å². The molecule has 0 amide bonds. The molecule has 3 rings (SSSR count). The van der Waals surface area contributed by atoms with Gasteiger partial charge in [0.2, 0.25) is 0 Å². The van der Waals surface area contributed by atoms with Crippen LogP contribution in [0.2, 0.25) is 23.6 Å². The van der Waals surface area contributed by atoms with E-state index in [2.05, 4.69) is 65.1 Å². The van der Waals surface area contributed by atoms with Crippen LogP contribution >= 0.6 is 11.3 Å². The van der Waals surface area contributed by atoms with E-state index in [9.17, 15) is 0 Å². The predicted octanol–water partition coefficient (Wildman–Crippen LogP) is 5.76. The van der Waals surface area contributed by atoms with Crippen LogP contribution in [-0.4, -0.2) is 8.24 Å². The second kappa shape index (κ2) is 5.47. The van der Waals surface area contributed by atoms with Gasteiger partial charge in [-0.15, -0.1) is 0 Å². The van der Waals surface area contributed by atoms with E-state index in [0.717, 1.165) is 0 Å². The fraction of sp³-hybridized carbons (Fsp3) is 0.412. The monoisotopic (exact) mass is 350 g/mol. The van der Waals surface area contributed by atoms with Crippen LogP contribution < -0.4 is 3.46 Å². The summed E-state index contributed by atoms with van der Waals surface area (Å²) in [5, 5.41) is 6.33. The molecule has 0 bridgehead atoms. The second-order valence-electron chi connectivity index (χ2n) is 6.93. The number of fused-ring (bicyclic) bond motifs is 3. The molecule has 0 radical (unpaired) electrons. The molecule has 4 heteroatoms. The molecule has 1 N–H and O–H groups in total. The third-order valence-corrected chi connectivity index (χ3v) is 14.7. The van der Waals surface area contributed by atoms with Crippen molar-refractivity contribution in [2.24, 2.45) is 0 Å². The number of thiophene rings is 1. The molecule has 0 saturated carbocycles. The summed E-state index contributed by atoms with van der Waals surface area (Å²) < 4.78 is 5.53. The van der Waals surface area contributed by atoms with Crippen LogP contribution in [0, 0.1) is 0 Å². The Hall–Kier alpha value is -0.189. The first kappa shape index (κ1) is 15.7. The van der Waals surface area contributed by atoms with Crippen molar-refractivity contribution >= 4 is 35.2 Å². The van der Waals surface area contributed by atoms with Crippen molar-refractivity contribution in [3.8, 4) is 0 Å². The standard InChI is InChI=1S/C15H18NSSi.2CH3.Ti/c1-9-10(2)15(18(3,4)16)14-13(9)11-7-5-6-8-12(11)17-14;;;/h5-8,15-16H,1-4H3;2*1H3;/q-1;;;+1. The van der Waals surface area contributed by atoms with Crippen LogP contribution in [0.15, 0.2) is 29.8 Å². The number of allylic oxidation sites excluding steroid dienone is 2. The first-order chi connectivity index (χ1) is 9.83. The molecule has 111 valence electrons. The van der Waals surface area contributed by atoms with E-state index >= 15 is 0 Å². The van der Waals surface area contributed by atoms with Crippen molar-refractivity contribution in [2.75, 3.05) is 0 Å². The Morgan fingerprint density at radius 2 is 1.81 bits per heavy atom. The van der Waals surface area contributed by atoms with Crippen LogP contribution in [-0.2, 0) is 18.1 Å². The van der Waals surface area contributed by atoms with Crippen LogP contribution in [0.5, 0.6) is 0 Å². The van der Waals surface area contributed by atoms with Gasteiger partial charge in [0, 0.05) is 0 Å². The maximum atomic E-state index is 4.08. The Kier molecular flexibility index (Phi) is 4.09. The van der Waals surface area contributed by atoms with E-state index in [1.165, 1.54) is 15.7 Å². The molecular weight excluding hydrogens is 326 g/mol. The summed E-state index contributed by atoms with van der Waals surface area (Å²) in [5.74, 6) is 0. The van der Waals surface area contributed by atoms with Gasteiger partial charge in [-0.05, 0) is 0 Å². The summed E-state index contributed by atoms with van der Waals surface area (Å²) in [4.78, 5) is 1.63. The quantitative estimate of drug-likeness (QED) is 0.695. The second-order valence-corrected chi connectivity index (χ2v) is 16.6. The molecule has 2 aromatic rings. The molecule has 1 unspecified atom stereocenters. The zero-order valence-corrected chi connectivity index (χ0v) is 17.2. The Morgan fingerprint density at radius 1 is 1.14 bits per heavy atom. The van der Waals surface area contributed by atoms with Gasteiger partial charge in [-0.2, -0.15) is 0 Å². The summed E-state index contributed by atoms with van der Waals surface area (Å²) >= 11 is 1.01. The molecule has 1 heterocycles. The summed E-state index contributed by atoms with van der Waals surface area (Å²) in [6.07, 6.45) is 0. The number of nitrogens with one attached hydrogen (secondary N) is 1. The van der Waals surface area contributed by atoms with Gasteiger partial charge >= 0.3 is 140 Å². The Bertz CT molecular complexity index is 729. The van der Waals surface area contributed by atoms with Crippen LogP contribution in [0.25, 0.3) is 15.7 Å². The fourth-order valence-corrected chi connectivity index (χ4v) is 16.5. The number of hydrogen-bond acceptors (Lipinski definition) is 2. The minimum atomic E-state index is -1.48. The zero-order valence-electron chi connectivity index (χ0n) is 13.8. The van der Waals surface area contributed by atoms with Crippen molar-refractivity contribution in [3.05, 3.63) is 40.3 Å². The molecule has 21 heavy (non-hydrogen) atoms. The SMILES string of the molecule is CC1=C(C)C([Si](C)(C)[NH][Ti]([CH3])[CH3])c2sc3ccccc3c21. The van der Waals surface area contributed by atoms with Crippen LogP contribution in [0.3, 0.4) is 0 Å². The van der Waals surface area contributed by atoms with Gasteiger partial charge in [0.15, 0.2) is 0 Å². The van der Waals surface area contributed by atoms with Gasteiger partial charge in [-0.1, -0.05) is 0 Å². The van der Waals surface area contributed by atoms with E-state index in [4.69, 9.17) is 0 Å². The Balaban J connectivity index is 2.19.